The number of hydrogen-bond donors (Lipinski definition) is 1. The average Bonchev–Trinajstić information content (AvgIpc) is 2.47. The molecular weight excluding hydrogens is 264 g/mol. The zero-order valence-electron chi connectivity index (χ0n) is 12.6. The minimum atomic E-state index is -0.101. The van der Waals surface area contributed by atoms with Crippen molar-refractivity contribution in [3.05, 3.63) is 53.7 Å². The predicted molar refractivity (Wildman–Crippen MR) is 83.2 cm³/mol. The summed E-state index contributed by atoms with van der Waals surface area (Å²) in [7, 11) is 0. The number of aryl methyl sites for hydroxylation is 1. The first-order chi connectivity index (χ1) is 10.1. The van der Waals surface area contributed by atoms with Crippen LogP contribution in [0.2, 0.25) is 0 Å². The van der Waals surface area contributed by atoms with E-state index in [1.165, 1.54) is 5.56 Å². The van der Waals surface area contributed by atoms with Gasteiger partial charge in [0.1, 0.15) is 6.61 Å². The molecule has 2 aromatic rings. The van der Waals surface area contributed by atoms with Crippen LogP contribution in [0.1, 0.15) is 25.0 Å². The number of rotatable bonds is 5. The van der Waals surface area contributed by atoms with Gasteiger partial charge in [-0.25, -0.2) is 4.98 Å². The molecule has 0 unspecified atom stereocenters. The molecule has 1 heterocycles. The number of amides is 1. The van der Waals surface area contributed by atoms with Crippen molar-refractivity contribution in [3.63, 3.8) is 0 Å². The Morgan fingerprint density at radius 1 is 1.24 bits per heavy atom. The summed E-state index contributed by atoms with van der Waals surface area (Å²) in [5, 5.41) is 2.79. The second-order valence-electron chi connectivity index (χ2n) is 5.21. The third kappa shape index (κ3) is 4.05. The third-order valence-corrected chi connectivity index (χ3v) is 3.18. The van der Waals surface area contributed by atoms with Crippen molar-refractivity contribution in [2.75, 3.05) is 5.32 Å². The molecule has 0 bridgehead atoms. The van der Waals surface area contributed by atoms with E-state index in [9.17, 15) is 4.79 Å². The van der Waals surface area contributed by atoms with Gasteiger partial charge in [-0.2, -0.15) is 0 Å². The van der Waals surface area contributed by atoms with Crippen LogP contribution in [-0.2, 0) is 11.4 Å². The fourth-order valence-corrected chi connectivity index (χ4v) is 1.79. The van der Waals surface area contributed by atoms with Crippen LogP contribution >= 0.6 is 0 Å². The Morgan fingerprint density at radius 2 is 2.00 bits per heavy atom. The average molecular weight is 284 g/mol. The first-order valence-corrected chi connectivity index (χ1v) is 7.01. The summed E-state index contributed by atoms with van der Waals surface area (Å²) in [6.07, 6.45) is 1.64. The van der Waals surface area contributed by atoms with Crippen molar-refractivity contribution in [1.82, 2.24) is 4.98 Å². The first-order valence-electron chi connectivity index (χ1n) is 7.01. The predicted octanol–water partition coefficient (Wildman–Crippen LogP) is 3.56. The van der Waals surface area contributed by atoms with Gasteiger partial charge < -0.3 is 10.1 Å². The standard InChI is InChI=1S/C17H20N2O2/c1-12(2)17(20)19-16-15(9-6-10-18-16)21-11-14-8-5-4-7-13(14)3/h4-10,12H,11H2,1-3H3,(H,18,19,20). The number of aromatic nitrogens is 1. The molecule has 0 aliphatic rings. The van der Waals surface area contributed by atoms with Crippen molar-refractivity contribution in [2.45, 2.75) is 27.4 Å². The van der Waals surface area contributed by atoms with Crippen molar-refractivity contribution >= 4 is 11.7 Å². The number of carbonyl (C=O) groups is 1. The Bertz CT molecular complexity index is 624. The molecule has 0 spiro atoms. The van der Waals surface area contributed by atoms with Crippen LogP contribution < -0.4 is 10.1 Å². The van der Waals surface area contributed by atoms with Gasteiger partial charge in [-0.05, 0) is 30.2 Å². The Hall–Kier alpha value is -2.36. The first kappa shape index (κ1) is 15.0. The molecule has 4 nitrogen and oxygen atoms in total. The quantitative estimate of drug-likeness (QED) is 0.913. The van der Waals surface area contributed by atoms with Crippen molar-refractivity contribution in [3.8, 4) is 5.75 Å². The van der Waals surface area contributed by atoms with E-state index >= 15 is 0 Å². The highest BCUT2D eigenvalue weighted by molar-refractivity contribution is 5.92. The van der Waals surface area contributed by atoms with Gasteiger partial charge >= 0.3 is 0 Å². The summed E-state index contributed by atoms with van der Waals surface area (Å²) in [6.45, 7) is 6.17. The fraction of sp³-hybridized carbons (Fsp3) is 0.294. The smallest absolute Gasteiger partial charge is 0.228 e. The SMILES string of the molecule is Cc1ccccc1COc1cccnc1NC(=O)C(C)C. The maximum absolute atomic E-state index is 11.8. The van der Waals surface area contributed by atoms with Gasteiger partial charge in [0.25, 0.3) is 0 Å². The van der Waals surface area contributed by atoms with Crippen LogP contribution in [0.4, 0.5) is 5.82 Å². The number of anilines is 1. The highest BCUT2D eigenvalue weighted by Gasteiger charge is 2.12. The number of nitrogens with zero attached hydrogens (tertiary/aromatic N) is 1. The van der Waals surface area contributed by atoms with E-state index in [0.717, 1.165) is 5.56 Å². The zero-order chi connectivity index (χ0) is 15.2. The number of benzene rings is 1. The Balaban J connectivity index is 2.10. The molecule has 0 saturated carbocycles. The van der Waals surface area contributed by atoms with Gasteiger partial charge in [0, 0.05) is 12.1 Å². The van der Waals surface area contributed by atoms with E-state index in [1.54, 1.807) is 18.3 Å². The molecule has 0 atom stereocenters. The summed E-state index contributed by atoms with van der Waals surface area (Å²) in [6, 6.07) is 11.6. The highest BCUT2D eigenvalue weighted by Crippen LogP contribution is 2.23. The van der Waals surface area contributed by atoms with E-state index in [-0.39, 0.29) is 11.8 Å². The molecule has 1 N–H and O–H groups in total. The van der Waals surface area contributed by atoms with Crippen molar-refractivity contribution < 1.29 is 9.53 Å². The lowest BCUT2D eigenvalue weighted by atomic mass is 10.1. The number of pyridine rings is 1. The second kappa shape index (κ2) is 6.88. The maximum atomic E-state index is 11.8. The van der Waals surface area contributed by atoms with E-state index in [1.807, 2.05) is 45.0 Å². The second-order valence-corrected chi connectivity index (χ2v) is 5.21. The van der Waals surface area contributed by atoms with Gasteiger partial charge in [0.15, 0.2) is 11.6 Å². The zero-order valence-corrected chi connectivity index (χ0v) is 12.6. The summed E-state index contributed by atoms with van der Waals surface area (Å²) in [5.74, 6) is 0.866. The minimum absolute atomic E-state index is 0.0746. The summed E-state index contributed by atoms with van der Waals surface area (Å²) >= 11 is 0. The van der Waals surface area contributed by atoms with Crippen LogP contribution in [0.15, 0.2) is 42.6 Å². The molecule has 1 aromatic carbocycles. The molecule has 1 amide bonds. The van der Waals surface area contributed by atoms with Gasteiger partial charge in [0.05, 0.1) is 0 Å². The molecule has 0 radical (unpaired) electrons. The van der Waals surface area contributed by atoms with E-state index < -0.39 is 0 Å². The molecule has 110 valence electrons. The Morgan fingerprint density at radius 3 is 2.71 bits per heavy atom. The van der Waals surface area contributed by atoms with Crippen molar-refractivity contribution in [1.29, 1.82) is 0 Å². The third-order valence-electron chi connectivity index (χ3n) is 3.18. The molecule has 2 rings (SSSR count). The van der Waals surface area contributed by atoms with Crippen LogP contribution in [0.3, 0.4) is 0 Å². The lowest BCUT2D eigenvalue weighted by molar-refractivity contribution is -0.118. The Labute approximate surface area is 125 Å². The lowest BCUT2D eigenvalue weighted by Gasteiger charge is -2.13. The maximum Gasteiger partial charge on any atom is 0.228 e. The molecule has 21 heavy (non-hydrogen) atoms. The molecular formula is C17H20N2O2. The van der Waals surface area contributed by atoms with E-state index in [4.69, 9.17) is 4.74 Å². The number of ether oxygens (including phenoxy) is 1. The van der Waals surface area contributed by atoms with Gasteiger partial charge in [0.2, 0.25) is 5.91 Å². The minimum Gasteiger partial charge on any atom is -0.485 e. The molecule has 0 aliphatic heterocycles. The van der Waals surface area contributed by atoms with Crippen LogP contribution in [0.5, 0.6) is 5.75 Å². The number of hydrogen-bond acceptors (Lipinski definition) is 3. The van der Waals surface area contributed by atoms with Crippen molar-refractivity contribution in [2.24, 2.45) is 5.92 Å². The van der Waals surface area contributed by atoms with E-state index in [2.05, 4.69) is 10.3 Å². The van der Waals surface area contributed by atoms with E-state index in [0.29, 0.717) is 18.2 Å². The fourth-order valence-electron chi connectivity index (χ4n) is 1.79. The Kier molecular flexibility index (Phi) is 4.93. The molecule has 0 aliphatic carbocycles. The molecule has 0 fully saturated rings. The molecule has 4 heteroatoms. The summed E-state index contributed by atoms with van der Waals surface area (Å²) < 4.78 is 5.81. The van der Waals surface area contributed by atoms with Crippen LogP contribution in [0.25, 0.3) is 0 Å². The summed E-state index contributed by atoms with van der Waals surface area (Å²) in [4.78, 5) is 16.0. The molecule has 0 saturated heterocycles. The number of carbonyl (C=O) groups excluding carboxylic acids is 1. The monoisotopic (exact) mass is 284 g/mol. The number of nitrogens with one attached hydrogen (secondary N) is 1. The summed E-state index contributed by atoms with van der Waals surface area (Å²) in [5.41, 5.74) is 2.29. The topological polar surface area (TPSA) is 51.2 Å². The van der Waals surface area contributed by atoms with Crippen LogP contribution in [0, 0.1) is 12.8 Å². The van der Waals surface area contributed by atoms with Crippen LogP contribution in [-0.4, -0.2) is 10.9 Å². The normalized spacial score (nSPS) is 10.5. The van der Waals surface area contributed by atoms with Gasteiger partial charge in [-0.15, -0.1) is 0 Å². The molecule has 1 aromatic heterocycles. The van der Waals surface area contributed by atoms with Gasteiger partial charge in [-0.3, -0.25) is 4.79 Å². The lowest BCUT2D eigenvalue weighted by Crippen LogP contribution is -2.19. The largest absolute Gasteiger partial charge is 0.485 e. The highest BCUT2D eigenvalue weighted by atomic mass is 16.5. The van der Waals surface area contributed by atoms with Gasteiger partial charge in [-0.1, -0.05) is 38.1 Å².